The second kappa shape index (κ2) is 10.2. The van der Waals surface area contributed by atoms with E-state index in [2.05, 4.69) is 65.5 Å². The van der Waals surface area contributed by atoms with Crippen LogP contribution >= 0.6 is 0 Å². The Bertz CT molecular complexity index is 1620. The van der Waals surface area contributed by atoms with Gasteiger partial charge in [0.1, 0.15) is 11.6 Å². The molecule has 2 aromatic heterocycles. The summed E-state index contributed by atoms with van der Waals surface area (Å²) in [6.45, 7) is 4.55. The first kappa shape index (κ1) is 24.6. The lowest BCUT2D eigenvalue weighted by Crippen LogP contribution is -2.38. The van der Waals surface area contributed by atoms with Gasteiger partial charge < -0.3 is 19.5 Å². The van der Waals surface area contributed by atoms with Crippen molar-refractivity contribution < 1.29 is 9.53 Å². The molecular formula is C32H31N5O2. The van der Waals surface area contributed by atoms with Crippen LogP contribution in [0.5, 0.6) is 5.75 Å². The van der Waals surface area contributed by atoms with E-state index in [0.29, 0.717) is 18.0 Å². The number of urea groups is 1. The number of rotatable bonds is 5. The van der Waals surface area contributed by atoms with Crippen molar-refractivity contribution in [2.75, 3.05) is 12.4 Å². The molecule has 3 heterocycles. The molecule has 0 fully saturated rings. The lowest BCUT2D eigenvalue weighted by molar-refractivity contribution is 0.194. The minimum atomic E-state index is -0.312. The third-order valence-electron chi connectivity index (χ3n) is 7.37. The van der Waals surface area contributed by atoms with E-state index in [9.17, 15) is 4.79 Å². The van der Waals surface area contributed by atoms with Crippen molar-refractivity contribution in [1.29, 1.82) is 0 Å². The zero-order valence-corrected chi connectivity index (χ0v) is 22.3. The van der Waals surface area contributed by atoms with Gasteiger partial charge in [0.2, 0.25) is 0 Å². The Kier molecular flexibility index (Phi) is 6.40. The summed E-state index contributed by atoms with van der Waals surface area (Å²) in [5.74, 6) is 1.64. The fraction of sp³-hybridized carbons (Fsp3) is 0.188. The van der Waals surface area contributed by atoms with Crippen LogP contribution in [-0.2, 0) is 13.0 Å². The molecule has 7 heteroatoms. The quantitative estimate of drug-likeness (QED) is 0.283. The molecule has 0 unspecified atom stereocenters. The van der Waals surface area contributed by atoms with Gasteiger partial charge in [0.15, 0.2) is 0 Å². The van der Waals surface area contributed by atoms with Crippen LogP contribution in [-0.4, -0.2) is 32.4 Å². The maximum atomic E-state index is 14.1. The van der Waals surface area contributed by atoms with Crippen molar-refractivity contribution in [1.82, 2.24) is 19.2 Å². The molecule has 0 bridgehead atoms. The zero-order chi connectivity index (χ0) is 26.9. The second-order valence-electron chi connectivity index (χ2n) is 9.73. The summed E-state index contributed by atoms with van der Waals surface area (Å²) in [4.78, 5) is 16.0. The average molecular weight is 518 g/mol. The first-order valence-corrected chi connectivity index (χ1v) is 13.2. The minimum absolute atomic E-state index is 0.194. The number of ether oxygens (including phenoxy) is 1. The molecule has 1 aliphatic heterocycles. The normalized spacial score (nSPS) is 14.3. The van der Waals surface area contributed by atoms with Crippen LogP contribution in [0.2, 0.25) is 0 Å². The summed E-state index contributed by atoms with van der Waals surface area (Å²) in [7, 11) is 1.62. The number of carbonyl (C=O) groups is 1. The highest BCUT2D eigenvalue weighted by Gasteiger charge is 2.36. The van der Waals surface area contributed by atoms with Crippen molar-refractivity contribution in [3.63, 3.8) is 0 Å². The SMILES string of the molecule is CCc1ccc([C@@H]2c3cccn3-c3c(c(C)nn3-c3ccccc3)CN2C(=O)Nc2cccc(OC)c2)cc1. The highest BCUT2D eigenvalue weighted by Crippen LogP contribution is 2.39. The molecule has 0 spiro atoms. The average Bonchev–Trinajstić information content (AvgIpc) is 3.54. The number of amides is 2. The molecule has 0 saturated carbocycles. The van der Waals surface area contributed by atoms with E-state index in [4.69, 9.17) is 9.84 Å². The molecule has 3 aromatic carbocycles. The Morgan fingerprint density at radius 3 is 2.54 bits per heavy atom. The molecule has 1 aliphatic rings. The third-order valence-corrected chi connectivity index (χ3v) is 7.37. The van der Waals surface area contributed by atoms with Crippen LogP contribution in [0, 0.1) is 6.92 Å². The zero-order valence-electron chi connectivity index (χ0n) is 22.3. The Morgan fingerprint density at radius 2 is 1.79 bits per heavy atom. The van der Waals surface area contributed by atoms with Gasteiger partial charge in [0.05, 0.1) is 36.8 Å². The van der Waals surface area contributed by atoms with Gasteiger partial charge in [0.25, 0.3) is 0 Å². The van der Waals surface area contributed by atoms with Crippen LogP contribution in [0.15, 0.2) is 97.2 Å². The van der Waals surface area contributed by atoms with Crippen molar-refractivity contribution in [2.24, 2.45) is 0 Å². The standard InChI is InChI=1S/C32H31N5O2/c1-4-23-15-17-24(18-16-23)30-29-14-9-19-35(29)31-28(22(2)34-37(31)26-11-6-5-7-12-26)21-36(30)32(38)33-25-10-8-13-27(20-25)39-3/h5-20,30H,4,21H2,1-3H3,(H,33,38)/t30-/m1/s1. The van der Waals surface area contributed by atoms with Crippen molar-refractivity contribution >= 4 is 11.7 Å². The van der Waals surface area contributed by atoms with E-state index in [-0.39, 0.29) is 12.1 Å². The smallest absolute Gasteiger partial charge is 0.322 e. The molecule has 1 atom stereocenters. The van der Waals surface area contributed by atoms with Gasteiger partial charge in [-0.15, -0.1) is 0 Å². The molecular weight excluding hydrogens is 486 g/mol. The molecule has 39 heavy (non-hydrogen) atoms. The van der Waals surface area contributed by atoms with Gasteiger partial charge in [-0.05, 0) is 60.9 Å². The van der Waals surface area contributed by atoms with Crippen LogP contribution in [0.25, 0.3) is 11.5 Å². The summed E-state index contributed by atoms with van der Waals surface area (Å²) >= 11 is 0. The number of hydrogen-bond acceptors (Lipinski definition) is 3. The number of aryl methyl sites for hydroxylation is 2. The molecule has 2 amide bonds. The number of nitrogens with zero attached hydrogens (tertiary/aromatic N) is 4. The number of anilines is 1. The largest absolute Gasteiger partial charge is 0.497 e. The van der Waals surface area contributed by atoms with Gasteiger partial charge in [-0.3, -0.25) is 0 Å². The Morgan fingerprint density at radius 1 is 1.00 bits per heavy atom. The van der Waals surface area contributed by atoms with E-state index < -0.39 is 0 Å². The maximum absolute atomic E-state index is 14.1. The number of carbonyl (C=O) groups excluding carboxylic acids is 1. The monoisotopic (exact) mass is 517 g/mol. The highest BCUT2D eigenvalue weighted by molar-refractivity contribution is 5.90. The van der Waals surface area contributed by atoms with Crippen molar-refractivity contribution in [2.45, 2.75) is 32.9 Å². The van der Waals surface area contributed by atoms with E-state index >= 15 is 0 Å². The lowest BCUT2D eigenvalue weighted by atomic mass is 9.99. The van der Waals surface area contributed by atoms with E-state index in [1.807, 2.05) is 65.0 Å². The number of methoxy groups -OCH3 is 1. The Hall–Kier alpha value is -4.78. The molecule has 0 radical (unpaired) electrons. The van der Waals surface area contributed by atoms with E-state index in [1.54, 1.807) is 7.11 Å². The topological polar surface area (TPSA) is 64.3 Å². The summed E-state index contributed by atoms with van der Waals surface area (Å²) in [6, 6.07) is 29.8. The van der Waals surface area contributed by atoms with Gasteiger partial charge in [-0.2, -0.15) is 5.10 Å². The molecule has 0 saturated heterocycles. The first-order chi connectivity index (χ1) is 19.1. The van der Waals surface area contributed by atoms with Gasteiger partial charge >= 0.3 is 6.03 Å². The predicted molar refractivity (Wildman–Crippen MR) is 153 cm³/mol. The molecule has 7 nitrogen and oxygen atoms in total. The number of benzene rings is 3. The summed E-state index contributed by atoms with van der Waals surface area (Å²) < 4.78 is 9.54. The van der Waals surface area contributed by atoms with Gasteiger partial charge in [-0.1, -0.05) is 55.5 Å². The first-order valence-electron chi connectivity index (χ1n) is 13.2. The van der Waals surface area contributed by atoms with Crippen LogP contribution < -0.4 is 10.1 Å². The molecule has 0 aliphatic carbocycles. The number of fused-ring (bicyclic) bond motifs is 3. The van der Waals surface area contributed by atoms with Gasteiger partial charge in [-0.25, -0.2) is 9.48 Å². The minimum Gasteiger partial charge on any atom is -0.497 e. The van der Waals surface area contributed by atoms with E-state index in [0.717, 1.165) is 40.4 Å². The fourth-order valence-corrected chi connectivity index (χ4v) is 5.33. The molecule has 6 rings (SSSR count). The Labute approximate surface area is 228 Å². The second-order valence-corrected chi connectivity index (χ2v) is 9.73. The predicted octanol–water partition coefficient (Wildman–Crippen LogP) is 6.68. The lowest BCUT2D eigenvalue weighted by Gasteiger charge is -2.31. The van der Waals surface area contributed by atoms with Gasteiger partial charge in [0, 0.05) is 23.5 Å². The van der Waals surface area contributed by atoms with Crippen LogP contribution in [0.4, 0.5) is 10.5 Å². The fourth-order valence-electron chi connectivity index (χ4n) is 5.33. The number of aromatic nitrogens is 3. The molecule has 196 valence electrons. The van der Waals surface area contributed by atoms with Crippen molar-refractivity contribution in [3.05, 3.63) is 125 Å². The maximum Gasteiger partial charge on any atom is 0.322 e. The number of nitrogens with one attached hydrogen (secondary N) is 1. The third kappa shape index (κ3) is 4.46. The molecule has 5 aromatic rings. The Balaban J connectivity index is 1.51. The summed E-state index contributed by atoms with van der Waals surface area (Å²) in [5.41, 5.74) is 6.84. The summed E-state index contributed by atoms with van der Waals surface area (Å²) in [6.07, 6.45) is 3.02. The number of hydrogen-bond donors (Lipinski definition) is 1. The number of para-hydroxylation sites is 1. The molecule has 1 N–H and O–H groups in total. The summed E-state index contributed by atoms with van der Waals surface area (Å²) in [5, 5.41) is 8.04. The van der Waals surface area contributed by atoms with Crippen molar-refractivity contribution in [3.8, 4) is 17.3 Å². The highest BCUT2D eigenvalue weighted by atomic mass is 16.5. The van der Waals surface area contributed by atoms with Crippen LogP contribution in [0.1, 0.15) is 41.0 Å². The van der Waals surface area contributed by atoms with Crippen LogP contribution in [0.3, 0.4) is 0 Å². The van der Waals surface area contributed by atoms with E-state index in [1.165, 1.54) is 5.56 Å².